The molecule has 0 aliphatic heterocycles. The maximum atomic E-state index is 12.5. The van der Waals surface area contributed by atoms with Crippen molar-refractivity contribution >= 4 is 16.9 Å². The summed E-state index contributed by atoms with van der Waals surface area (Å²) in [5, 5.41) is 2.91. The van der Waals surface area contributed by atoms with Crippen LogP contribution in [0.25, 0.3) is 11.0 Å². The van der Waals surface area contributed by atoms with Gasteiger partial charge in [0.2, 0.25) is 0 Å². The number of benzene rings is 2. The van der Waals surface area contributed by atoms with Gasteiger partial charge < -0.3 is 14.6 Å². The largest absolute Gasteiger partial charge is 0.494 e. The zero-order chi connectivity index (χ0) is 19.4. The fourth-order valence-corrected chi connectivity index (χ4v) is 2.98. The van der Waals surface area contributed by atoms with Crippen molar-refractivity contribution < 1.29 is 9.53 Å². The zero-order valence-electron chi connectivity index (χ0n) is 15.8. The van der Waals surface area contributed by atoms with E-state index in [9.17, 15) is 9.59 Å². The Bertz CT molecular complexity index is 1020. The van der Waals surface area contributed by atoms with Crippen LogP contribution in [0.1, 0.15) is 35.5 Å². The van der Waals surface area contributed by atoms with Crippen LogP contribution in [0.3, 0.4) is 0 Å². The molecule has 6 heteroatoms. The Hall–Kier alpha value is -3.15. The number of aryl methyl sites for hydroxylation is 2. The summed E-state index contributed by atoms with van der Waals surface area (Å²) in [7, 11) is 0. The molecule has 0 aliphatic carbocycles. The lowest BCUT2D eigenvalue weighted by Crippen LogP contribution is -2.25. The number of aromatic nitrogens is 2. The molecule has 0 bridgehead atoms. The molecule has 0 atom stereocenters. The summed E-state index contributed by atoms with van der Waals surface area (Å²) >= 11 is 0. The number of hydrogen-bond donors (Lipinski definition) is 1. The van der Waals surface area contributed by atoms with Crippen LogP contribution in [0.4, 0.5) is 0 Å². The average molecular weight is 365 g/mol. The minimum absolute atomic E-state index is 0.0994. The third kappa shape index (κ3) is 4.00. The highest BCUT2D eigenvalue weighted by Crippen LogP contribution is 2.15. The van der Waals surface area contributed by atoms with Gasteiger partial charge in [0.15, 0.2) is 0 Å². The summed E-state index contributed by atoms with van der Waals surface area (Å²) in [5.74, 6) is 0.630. The highest BCUT2D eigenvalue weighted by Gasteiger charge is 2.11. The highest BCUT2D eigenvalue weighted by atomic mass is 16.5. The molecule has 140 valence electrons. The molecule has 0 saturated heterocycles. The highest BCUT2D eigenvalue weighted by molar-refractivity contribution is 5.97. The summed E-state index contributed by atoms with van der Waals surface area (Å²) in [4.78, 5) is 29.0. The van der Waals surface area contributed by atoms with Crippen LogP contribution < -0.4 is 15.6 Å². The quantitative estimate of drug-likeness (QED) is 0.729. The van der Waals surface area contributed by atoms with E-state index in [2.05, 4.69) is 10.3 Å². The smallest absolute Gasteiger partial charge is 0.272 e. The van der Waals surface area contributed by atoms with Crippen molar-refractivity contribution in [2.45, 2.75) is 33.9 Å². The molecule has 0 unspecified atom stereocenters. The number of hydrogen-bond acceptors (Lipinski definition) is 4. The first-order valence-corrected chi connectivity index (χ1v) is 9.04. The summed E-state index contributed by atoms with van der Waals surface area (Å²) < 4.78 is 7.08. The van der Waals surface area contributed by atoms with E-state index >= 15 is 0 Å². The monoisotopic (exact) mass is 365 g/mol. The fourth-order valence-electron chi connectivity index (χ4n) is 2.98. The first kappa shape index (κ1) is 18.6. The van der Waals surface area contributed by atoms with Crippen LogP contribution in [0.15, 0.2) is 47.3 Å². The van der Waals surface area contributed by atoms with Gasteiger partial charge in [0.25, 0.3) is 11.5 Å². The van der Waals surface area contributed by atoms with Crippen molar-refractivity contribution in [1.29, 1.82) is 0 Å². The van der Waals surface area contributed by atoms with Gasteiger partial charge in [0, 0.05) is 18.7 Å². The van der Waals surface area contributed by atoms with E-state index in [1.165, 1.54) is 0 Å². The predicted octanol–water partition coefficient (Wildman–Crippen LogP) is 3.05. The number of ether oxygens (including phenoxy) is 1. The molecule has 1 heterocycles. The number of carbonyl (C=O) groups excluding carboxylic acids is 1. The first-order chi connectivity index (χ1) is 13.0. The normalized spacial score (nSPS) is 10.8. The minimum atomic E-state index is -0.181. The topological polar surface area (TPSA) is 73.2 Å². The standard InChI is InChI=1S/C21H23N3O3/c1-4-24-19-11-8-16(12-18(19)23-14(3)21(24)26)20(25)22-13-15-6-9-17(10-7-15)27-5-2/h6-12H,4-5,13H2,1-3H3,(H,22,25). The van der Waals surface area contributed by atoms with Gasteiger partial charge in [-0.15, -0.1) is 0 Å². The molecular weight excluding hydrogens is 342 g/mol. The third-order valence-electron chi connectivity index (χ3n) is 4.37. The van der Waals surface area contributed by atoms with E-state index in [4.69, 9.17) is 4.74 Å². The molecule has 3 aromatic rings. The van der Waals surface area contributed by atoms with Gasteiger partial charge in [0.1, 0.15) is 11.4 Å². The van der Waals surface area contributed by atoms with Crippen LogP contribution in [0.5, 0.6) is 5.75 Å². The van der Waals surface area contributed by atoms with Crippen molar-refractivity contribution in [3.05, 3.63) is 69.6 Å². The number of amides is 1. The molecule has 0 saturated carbocycles. The van der Waals surface area contributed by atoms with Crippen LogP contribution in [-0.4, -0.2) is 22.1 Å². The Balaban J connectivity index is 1.77. The molecule has 6 nitrogen and oxygen atoms in total. The Morgan fingerprint density at radius 1 is 1.15 bits per heavy atom. The average Bonchev–Trinajstić information content (AvgIpc) is 2.68. The van der Waals surface area contributed by atoms with Crippen LogP contribution >= 0.6 is 0 Å². The second kappa shape index (κ2) is 8.03. The summed E-state index contributed by atoms with van der Waals surface area (Å²) in [6.45, 7) is 7.14. The molecule has 2 aromatic carbocycles. The molecule has 0 spiro atoms. The van der Waals surface area contributed by atoms with E-state index in [0.29, 0.717) is 36.5 Å². The van der Waals surface area contributed by atoms with Gasteiger partial charge in [-0.25, -0.2) is 4.98 Å². The maximum absolute atomic E-state index is 12.5. The maximum Gasteiger partial charge on any atom is 0.272 e. The second-order valence-electron chi connectivity index (χ2n) is 6.21. The number of nitrogens with zero attached hydrogens (tertiary/aromatic N) is 2. The molecule has 1 N–H and O–H groups in total. The molecule has 27 heavy (non-hydrogen) atoms. The molecule has 3 rings (SSSR count). The SMILES string of the molecule is CCOc1ccc(CNC(=O)c2ccc3c(c2)nc(C)c(=O)n3CC)cc1. The van der Waals surface area contributed by atoms with Crippen molar-refractivity contribution in [2.24, 2.45) is 0 Å². The number of nitrogens with one attached hydrogen (secondary N) is 1. The molecule has 0 aliphatic rings. The van der Waals surface area contributed by atoms with Gasteiger partial charge in [0.05, 0.1) is 17.6 Å². The lowest BCUT2D eigenvalue weighted by Gasteiger charge is -2.11. The predicted molar refractivity (Wildman–Crippen MR) is 105 cm³/mol. The van der Waals surface area contributed by atoms with E-state index in [-0.39, 0.29) is 11.5 Å². The molecular formula is C21H23N3O3. The molecule has 0 fully saturated rings. The lowest BCUT2D eigenvalue weighted by atomic mass is 10.1. The molecule has 0 radical (unpaired) electrons. The summed E-state index contributed by atoms with van der Waals surface area (Å²) in [6, 6.07) is 12.8. The third-order valence-corrected chi connectivity index (χ3v) is 4.37. The van der Waals surface area contributed by atoms with E-state index < -0.39 is 0 Å². The summed E-state index contributed by atoms with van der Waals surface area (Å²) in [6.07, 6.45) is 0. The Morgan fingerprint density at radius 2 is 1.89 bits per heavy atom. The number of fused-ring (bicyclic) bond motifs is 1. The number of carbonyl (C=O) groups is 1. The minimum Gasteiger partial charge on any atom is -0.494 e. The Morgan fingerprint density at radius 3 is 2.56 bits per heavy atom. The van der Waals surface area contributed by atoms with Crippen molar-refractivity contribution in [3.8, 4) is 5.75 Å². The first-order valence-electron chi connectivity index (χ1n) is 9.04. The van der Waals surface area contributed by atoms with Gasteiger partial charge in [-0.1, -0.05) is 12.1 Å². The van der Waals surface area contributed by atoms with Crippen LogP contribution in [-0.2, 0) is 13.1 Å². The van der Waals surface area contributed by atoms with Gasteiger partial charge in [-0.2, -0.15) is 0 Å². The van der Waals surface area contributed by atoms with Crippen molar-refractivity contribution in [2.75, 3.05) is 6.61 Å². The van der Waals surface area contributed by atoms with Gasteiger partial charge >= 0.3 is 0 Å². The number of rotatable bonds is 6. The molecule has 1 aromatic heterocycles. The lowest BCUT2D eigenvalue weighted by molar-refractivity contribution is 0.0951. The zero-order valence-corrected chi connectivity index (χ0v) is 15.8. The Labute approximate surface area is 157 Å². The molecule has 1 amide bonds. The van der Waals surface area contributed by atoms with Crippen LogP contribution in [0.2, 0.25) is 0 Å². The van der Waals surface area contributed by atoms with E-state index in [0.717, 1.165) is 16.8 Å². The van der Waals surface area contributed by atoms with Gasteiger partial charge in [-0.05, 0) is 56.7 Å². The van der Waals surface area contributed by atoms with Crippen molar-refractivity contribution in [1.82, 2.24) is 14.9 Å². The Kier molecular flexibility index (Phi) is 5.54. The fraction of sp³-hybridized carbons (Fsp3) is 0.286. The van der Waals surface area contributed by atoms with E-state index in [1.807, 2.05) is 38.1 Å². The van der Waals surface area contributed by atoms with Crippen LogP contribution in [0, 0.1) is 6.92 Å². The summed E-state index contributed by atoms with van der Waals surface area (Å²) in [5.41, 5.74) is 3.20. The van der Waals surface area contributed by atoms with E-state index in [1.54, 1.807) is 29.7 Å². The van der Waals surface area contributed by atoms with Gasteiger partial charge in [-0.3, -0.25) is 9.59 Å². The van der Waals surface area contributed by atoms with Crippen molar-refractivity contribution in [3.63, 3.8) is 0 Å². The second-order valence-corrected chi connectivity index (χ2v) is 6.21.